The number of amides is 1. The van der Waals surface area contributed by atoms with Crippen LogP contribution in [0.15, 0.2) is 47.4 Å². The molecule has 1 aliphatic heterocycles. The van der Waals surface area contributed by atoms with Crippen molar-refractivity contribution in [2.24, 2.45) is 0 Å². The number of nitrogens with one attached hydrogen (secondary N) is 1. The van der Waals surface area contributed by atoms with Crippen molar-refractivity contribution in [3.05, 3.63) is 53.2 Å². The van der Waals surface area contributed by atoms with Crippen LogP contribution in [0.4, 0.5) is 10.1 Å². The van der Waals surface area contributed by atoms with Crippen molar-refractivity contribution in [1.29, 1.82) is 0 Å². The molecule has 1 amide bonds. The number of anilines is 1. The molecule has 4 nitrogen and oxygen atoms in total. The van der Waals surface area contributed by atoms with Crippen LogP contribution < -0.4 is 10.2 Å². The van der Waals surface area contributed by atoms with Gasteiger partial charge in [0.15, 0.2) is 0 Å². The zero-order valence-electron chi connectivity index (χ0n) is 16.9. The highest BCUT2D eigenvalue weighted by Gasteiger charge is 2.19. The van der Waals surface area contributed by atoms with E-state index < -0.39 is 0 Å². The van der Waals surface area contributed by atoms with E-state index in [4.69, 9.17) is 12.2 Å². The summed E-state index contributed by atoms with van der Waals surface area (Å²) in [5, 5.41) is 6.28. The first-order valence-electron chi connectivity index (χ1n) is 10.4. The molecule has 30 heavy (non-hydrogen) atoms. The Hall–Kier alpha value is -2.09. The summed E-state index contributed by atoms with van der Waals surface area (Å²) < 4.78 is 14.4. The van der Waals surface area contributed by atoms with Gasteiger partial charge in [0.25, 0.3) is 5.91 Å². The summed E-state index contributed by atoms with van der Waals surface area (Å²) in [6, 6.07) is 5.06. The maximum atomic E-state index is 13.4. The normalized spacial score (nSPS) is 17.4. The van der Waals surface area contributed by atoms with E-state index >= 15 is 0 Å². The molecule has 7 heteroatoms. The molecule has 1 N–H and O–H groups in total. The number of hydrogen-bond acceptors (Lipinski definition) is 5. The van der Waals surface area contributed by atoms with Gasteiger partial charge in [0.05, 0.1) is 11.3 Å². The smallest absolute Gasteiger partial charge is 0.252 e. The van der Waals surface area contributed by atoms with Crippen LogP contribution >= 0.6 is 23.6 Å². The van der Waals surface area contributed by atoms with Gasteiger partial charge in [0, 0.05) is 59.5 Å². The van der Waals surface area contributed by atoms with Crippen molar-refractivity contribution in [3.8, 4) is 0 Å². The number of carbonyl (C=O) groups excluding carboxylic acids is 1. The molecule has 1 saturated heterocycles. The number of fused-ring (bicyclic) bond motifs is 1. The van der Waals surface area contributed by atoms with Crippen LogP contribution in [0.5, 0.6) is 0 Å². The average Bonchev–Trinajstić information content (AvgIpc) is 3.17. The van der Waals surface area contributed by atoms with Crippen molar-refractivity contribution >= 4 is 50.1 Å². The van der Waals surface area contributed by atoms with E-state index in [1.165, 1.54) is 5.69 Å². The summed E-state index contributed by atoms with van der Waals surface area (Å²) in [5.41, 5.74) is 1.86. The Labute approximate surface area is 186 Å². The maximum Gasteiger partial charge on any atom is 0.252 e. The summed E-state index contributed by atoms with van der Waals surface area (Å²) in [6.45, 7) is 5.75. The second kappa shape index (κ2) is 9.81. The number of rotatable bonds is 7. The van der Waals surface area contributed by atoms with Crippen LogP contribution in [0, 0.1) is 5.82 Å². The van der Waals surface area contributed by atoms with Gasteiger partial charge in [-0.05, 0) is 43.7 Å². The van der Waals surface area contributed by atoms with Gasteiger partial charge in [-0.1, -0.05) is 24.4 Å². The van der Waals surface area contributed by atoms with Gasteiger partial charge in [-0.15, -0.1) is 11.3 Å². The first-order chi connectivity index (χ1) is 14.6. The Balaban J connectivity index is 1.17. The van der Waals surface area contributed by atoms with Crippen LogP contribution in [-0.2, 0) is 4.79 Å². The molecule has 0 bridgehead atoms. The molecule has 0 atom stereocenters. The molecular formula is C23H26FN3OS2. The van der Waals surface area contributed by atoms with E-state index in [1.54, 1.807) is 29.5 Å². The van der Waals surface area contributed by atoms with Gasteiger partial charge >= 0.3 is 0 Å². The number of unbranched alkanes of at least 4 members (excludes halogenated alkanes) is 1. The third-order valence-corrected chi connectivity index (χ3v) is 6.98. The average molecular weight is 444 g/mol. The van der Waals surface area contributed by atoms with Crippen LogP contribution in [0.3, 0.4) is 0 Å². The molecule has 158 valence electrons. The molecule has 2 aliphatic rings. The summed E-state index contributed by atoms with van der Waals surface area (Å²) in [4.78, 5) is 17.8. The van der Waals surface area contributed by atoms with E-state index in [2.05, 4.69) is 20.5 Å². The van der Waals surface area contributed by atoms with Crippen LogP contribution in [-0.4, -0.2) is 54.9 Å². The lowest BCUT2D eigenvalue weighted by molar-refractivity contribution is -0.117. The van der Waals surface area contributed by atoms with Gasteiger partial charge in [-0.2, -0.15) is 0 Å². The Kier molecular flexibility index (Phi) is 6.92. The van der Waals surface area contributed by atoms with E-state index in [-0.39, 0.29) is 11.7 Å². The standard InChI is InChI=1S/C23H26FN3OS2/c24-17-7-8-18-20(16-30-22(18)15-17)27-13-11-26(12-14-27)10-4-3-9-25-23(28)19-5-1-2-6-21(19)29/h1-2,5,7-8,15-16H,3-4,6,9-14H2,(H,25,28). The van der Waals surface area contributed by atoms with Crippen LogP contribution in [0.1, 0.15) is 19.3 Å². The van der Waals surface area contributed by atoms with Gasteiger partial charge in [0.2, 0.25) is 0 Å². The van der Waals surface area contributed by atoms with E-state index in [9.17, 15) is 9.18 Å². The molecule has 1 aliphatic carbocycles. The minimum Gasteiger partial charge on any atom is -0.368 e. The van der Waals surface area contributed by atoms with Crippen molar-refractivity contribution in [3.63, 3.8) is 0 Å². The quantitative estimate of drug-likeness (QED) is 0.511. The molecule has 2 heterocycles. The lowest BCUT2D eigenvalue weighted by Gasteiger charge is -2.35. The molecule has 0 radical (unpaired) electrons. The second-order valence-corrected chi connectivity index (χ2v) is 9.09. The molecule has 2 aromatic rings. The zero-order chi connectivity index (χ0) is 20.9. The number of carbonyl (C=O) groups is 1. The van der Waals surface area contributed by atoms with E-state index in [1.807, 2.05) is 18.2 Å². The highest BCUT2D eigenvalue weighted by molar-refractivity contribution is 7.81. The van der Waals surface area contributed by atoms with Crippen molar-refractivity contribution < 1.29 is 9.18 Å². The molecular weight excluding hydrogens is 417 g/mol. The first-order valence-corrected chi connectivity index (χ1v) is 11.7. The molecule has 0 spiro atoms. The highest BCUT2D eigenvalue weighted by atomic mass is 32.1. The highest BCUT2D eigenvalue weighted by Crippen LogP contribution is 2.34. The molecule has 1 fully saturated rings. The molecule has 0 unspecified atom stereocenters. The van der Waals surface area contributed by atoms with Crippen LogP contribution in [0.25, 0.3) is 10.1 Å². The number of benzene rings is 1. The fraction of sp³-hybridized carbons (Fsp3) is 0.391. The number of thiophene rings is 1. The SMILES string of the molecule is O=C(NCCCCN1CCN(c2csc3cc(F)ccc23)CC1)C1=CC=CCC1=S. The Morgan fingerprint density at radius 3 is 2.83 bits per heavy atom. The summed E-state index contributed by atoms with van der Waals surface area (Å²) in [5.74, 6) is -0.229. The third-order valence-electron chi connectivity index (χ3n) is 5.66. The van der Waals surface area contributed by atoms with Crippen molar-refractivity contribution in [2.45, 2.75) is 19.3 Å². The largest absolute Gasteiger partial charge is 0.368 e. The Morgan fingerprint density at radius 1 is 1.20 bits per heavy atom. The van der Waals surface area contributed by atoms with Crippen molar-refractivity contribution in [2.75, 3.05) is 44.2 Å². The summed E-state index contributed by atoms with van der Waals surface area (Å²) >= 11 is 6.86. The number of piperazine rings is 1. The number of thiocarbonyl (C=S) groups is 1. The lowest BCUT2D eigenvalue weighted by atomic mass is 10.0. The lowest BCUT2D eigenvalue weighted by Crippen LogP contribution is -2.46. The maximum absolute atomic E-state index is 13.4. The topological polar surface area (TPSA) is 35.6 Å². The van der Waals surface area contributed by atoms with Gasteiger partial charge < -0.3 is 10.2 Å². The number of hydrogen-bond donors (Lipinski definition) is 1. The second-order valence-electron chi connectivity index (χ2n) is 7.69. The fourth-order valence-corrected chi connectivity index (χ4v) is 5.20. The summed E-state index contributed by atoms with van der Waals surface area (Å²) in [7, 11) is 0. The van der Waals surface area contributed by atoms with Crippen LogP contribution in [0.2, 0.25) is 0 Å². The zero-order valence-corrected chi connectivity index (χ0v) is 18.5. The monoisotopic (exact) mass is 443 g/mol. The molecule has 0 saturated carbocycles. The van der Waals surface area contributed by atoms with Gasteiger partial charge in [-0.25, -0.2) is 4.39 Å². The molecule has 4 rings (SSSR count). The predicted molar refractivity (Wildman–Crippen MR) is 127 cm³/mol. The third kappa shape index (κ3) is 4.96. The minimum atomic E-state index is -0.174. The number of allylic oxidation sites excluding steroid dienone is 3. The molecule has 1 aromatic carbocycles. The number of halogens is 1. The first kappa shape index (κ1) is 21.2. The van der Waals surface area contributed by atoms with E-state index in [0.29, 0.717) is 18.5 Å². The summed E-state index contributed by atoms with van der Waals surface area (Å²) in [6.07, 6.45) is 8.36. The Bertz CT molecular complexity index is 989. The van der Waals surface area contributed by atoms with E-state index in [0.717, 1.165) is 60.5 Å². The molecule has 1 aromatic heterocycles. The van der Waals surface area contributed by atoms with Gasteiger partial charge in [-0.3, -0.25) is 9.69 Å². The fourth-order valence-electron chi connectivity index (χ4n) is 3.95. The predicted octanol–water partition coefficient (Wildman–Crippen LogP) is 4.32. The van der Waals surface area contributed by atoms with Gasteiger partial charge in [0.1, 0.15) is 5.82 Å². The van der Waals surface area contributed by atoms with Crippen molar-refractivity contribution in [1.82, 2.24) is 10.2 Å². The number of nitrogens with zero attached hydrogens (tertiary/aromatic N) is 2. The Morgan fingerprint density at radius 2 is 2.03 bits per heavy atom. The minimum absolute atomic E-state index is 0.0548.